The summed E-state index contributed by atoms with van der Waals surface area (Å²) in [5.41, 5.74) is 0. The molecule has 1 rings (SSSR count). The van der Waals surface area contributed by atoms with E-state index in [1.54, 1.807) is 0 Å². The van der Waals surface area contributed by atoms with Crippen LogP contribution in [0, 0.1) is 17.8 Å². The monoisotopic (exact) mass is 196 g/mol. The lowest BCUT2D eigenvalue weighted by atomic mass is 9.80. The molecule has 4 atom stereocenters. The van der Waals surface area contributed by atoms with Crippen LogP contribution >= 0.6 is 0 Å². The summed E-state index contributed by atoms with van der Waals surface area (Å²) < 4.78 is 6.02. The van der Waals surface area contributed by atoms with E-state index in [4.69, 9.17) is 4.74 Å². The van der Waals surface area contributed by atoms with Crippen LogP contribution in [0.4, 0.5) is 0 Å². The third-order valence-electron chi connectivity index (χ3n) is 4.27. The van der Waals surface area contributed by atoms with Crippen LogP contribution in [0.3, 0.4) is 0 Å². The second-order valence-electron chi connectivity index (χ2n) is 5.02. The topological polar surface area (TPSA) is 9.23 Å². The zero-order valence-corrected chi connectivity index (χ0v) is 10.4. The molecule has 1 aliphatic rings. The quantitative estimate of drug-likeness (QED) is 0.627. The molecular formula is C12H25BO. The van der Waals surface area contributed by atoms with Gasteiger partial charge in [0.15, 0.2) is 0 Å². The molecule has 0 aromatic rings. The molecule has 14 heavy (non-hydrogen) atoms. The zero-order valence-electron chi connectivity index (χ0n) is 10.4. The summed E-state index contributed by atoms with van der Waals surface area (Å²) >= 11 is 0. The van der Waals surface area contributed by atoms with Gasteiger partial charge < -0.3 is 4.74 Å². The van der Waals surface area contributed by atoms with Gasteiger partial charge in [0.2, 0.25) is 0 Å². The highest BCUT2D eigenvalue weighted by Crippen LogP contribution is 2.34. The van der Waals surface area contributed by atoms with Crippen molar-refractivity contribution in [1.29, 1.82) is 0 Å². The van der Waals surface area contributed by atoms with Gasteiger partial charge in [-0.05, 0) is 24.2 Å². The van der Waals surface area contributed by atoms with E-state index >= 15 is 0 Å². The van der Waals surface area contributed by atoms with Gasteiger partial charge in [0, 0.05) is 6.00 Å². The van der Waals surface area contributed by atoms with E-state index < -0.39 is 0 Å². The maximum Gasteiger partial charge on any atom is 0.139 e. The van der Waals surface area contributed by atoms with Gasteiger partial charge >= 0.3 is 0 Å². The van der Waals surface area contributed by atoms with E-state index in [9.17, 15) is 0 Å². The lowest BCUT2D eigenvalue weighted by Crippen LogP contribution is -2.19. The molecule has 2 unspecified atom stereocenters. The molecule has 0 aromatic carbocycles. The smallest absolute Gasteiger partial charge is 0.139 e. The molecule has 0 radical (unpaired) electrons. The van der Waals surface area contributed by atoms with Crippen molar-refractivity contribution in [3.8, 4) is 0 Å². The molecule has 0 spiro atoms. The highest BCUT2D eigenvalue weighted by atomic mass is 16.5. The lowest BCUT2D eigenvalue weighted by Gasteiger charge is -2.21. The molecule has 1 aliphatic heterocycles. The van der Waals surface area contributed by atoms with Crippen LogP contribution in [0.15, 0.2) is 0 Å². The zero-order chi connectivity index (χ0) is 10.7. The van der Waals surface area contributed by atoms with E-state index in [0.717, 1.165) is 17.8 Å². The van der Waals surface area contributed by atoms with Crippen molar-refractivity contribution in [2.75, 3.05) is 0 Å². The number of ether oxygens (including phenoxy) is 1. The van der Waals surface area contributed by atoms with E-state index in [-0.39, 0.29) is 0 Å². The number of hydrogen-bond acceptors (Lipinski definition) is 1. The van der Waals surface area contributed by atoms with Crippen LogP contribution in [0.25, 0.3) is 0 Å². The first-order valence-electron chi connectivity index (χ1n) is 6.25. The Morgan fingerprint density at radius 3 is 2.07 bits per heavy atom. The summed E-state index contributed by atoms with van der Waals surface area (Å²) in [7, 11) is 2.22. The summed E-state index contributed by atoms with van der Waals surface area (Å²) in [6.07, 6.45) is 4.38. The largest absolute Gasteiger partial charge is 0.383 e. The average Bonchev–Trinajstić information content (AvgIpc) is 2.42. The molecule has 82 valence electrons. The summed E-state index contributed by atoms with van der Waals surface area (Å²) in [5.74, 6) is 2.33. The minimum absolute atomic E-state index is 0.462. The van der Waals surface area contributed by atoms with Crippen LogP contribution in [0.5, 0.6) is 0 Å². The predicted octanol–water partition coefficient (Wildman–Crippen LogP) is 2.44. The molecule has 0 aromatic heterocycles. The highest BCUT2D eigenvalue weighted by molar-refractivity contribution is 6.11. The standard InChI is InChI=1S/C12H25BO/c1-5-10(6-2)7-11-8(3)9(4)12(13)14-11/h8-12H,5-7,13H2,1-4H3/t8?,9?,11-,12-/m1/s1. The van der Waals surface area contributed by atoms with Crippen molar-refractivity contribution < 1.29 is 4.74 Å². The Morgan fingerprint density at radius 2 is 1.71 bits per heavy atom. The summed E-state index contributed by atoms with van der Waals surface area (Å²) in [5, 5.41) is 0. The van der Waals surface area contributed by atoms with E-state index in [2.05, 4.69) is 35.5 Å². The first-order chi connectivity index (χ1) is 6.60. The van der Waals surface area contributed by atoms with Crippen molar-refractivity contribution >= 4 is 7.85 Å². The van der Waals surface area contributed by atoms with Gasteiger partial charge in [-0.1, -0.05) is 40.5 Å². The van der Waals surface area contributed by atoms with Crippen LogP contribution in [-0.4, -0.2) is 20.0 Å². The van der Waals surface area contributed by atoms with Gasteiger partial charge in [0.1, 0.15) is 7.85 Å². The molecule has 0 N–H and O–H groups in total. The van der Waals surface area contributed by atoms with Gasteiger partial charge in [-0.3, -0.25) is 0 Å². The second-order valence-corrected chi connectivity index (χ2v) is 5.02. The Kier molecular flexibility index (Phi) is 4.50. The van der Waals surface area contributed by atoms with E-state index in [1.807, 2.05) is 0 Å². The molecule has 0 bridgehead atoms. The first-order valence-corrected chi connectivity index (χ1v) is 6.25. The fraction of sp³-hybridized carbons (Fsp3) is 1.00. The van der Waals surface area contributed by atoms with Gasteiger partial charge in [-0.15, -0.1) is 0 Å². The normalized spacial score (nSPS) is 38.1. The Balaban J connectivity index is 2.46. The molecule has 1 saturated heterocycles. The Bertz CT molecular complexity index is 168. The lowest BCUT2D eigenvalue weighted by molar-refractivity contribution is 0.0528. The fourth-order valence-corrected chi connectivity index (χ4v) is 2.51. The Morgan fingerprint density at radius 1 is 1.14 bits per heavy atom. The molecule has 2 heteroatoms. The second kappa shape index (κ2) is 5.20. The molecule has 1 fully saturated rings. The molecular weight excluding hydrogens is 171 g/mol. The van der Waals surface area contributed by atoms with E-state index in [1.165, 1.54) is 19.3 Å². The van der Waals surface area contributed by atoms with Crippen LogP contribution in [-0.2, 0) is 4.74 Å². The van der Waals surface area contributed by atoms with Gasteiger partial charge in [0.05, 0.1) is 6.10 Å². The van der Waals surface area contributed by atoms with E-state index in [0.29, 0.717) is 12.1 Å². The van der Waals surface area contributed by atoms with Crippen molar-refractivity contribution in [3.63, 3.8) is 0 Å². The maximum absolute atomic E-state index is 6.02. The number of rotatable bonds is 4. The van der Waals surface area contributed by atoms with Gasteiger partial charge in [-0.25, -0.2) is 0 Å². The summed E-state index contributed by atoms with van der Waals surface area (Å²) in [4.78, 5) is 0. The van der Waals surface area contributed by atoms with Gasteiger partial charge in [0.25, 0.3) is 0 Å². The van der Waals surface area contributed by atoms with Crippen LogP contribution in [0.2, 0.25) is 0 Å². The third kappa shape index (κ3) is 2.53. The molecule has 1 heterocycles. The molecule has 0 saturated carbocycles. The van der Waals surface area contributed by atoms with Crippen LogP contribution < -0.4 is 0 Å². The molecule has 0 amide bonds. The highest BCUT2D eigenvalue weighted by Gasteiger charge is 2.36. The van der Waals surface area contributed by atoms with Crippen molar-refractivity contribution in [2.24, 2.45) is 17.8 Å². The fourth-order valence-electron chi connectivity index (χ4n) is 2.51. The first kappa shape index (κ1) is 12.1. The van der Waals surface area contributed by atoms with Crippen molar-refractivity contribution in [2.45, 2.75) is 59.1 Å². The van der Waals surface area contributed by atoms with Crippen molar-refractivity contribution in [1.82, 2.24) is 0 Å². The predicted molar refractivity (Wildman–Crippen MR) is 64.2 cm³/mol. The van der Waals surface area contributed by atoms with Crippen LogP contribution in [0.1, 0.15) is 47.0 Å². The van der Waals surface area contributed by atoms with Gasteiger partial charge in [-0.2, -0.15) is 0 Å². The third-order valence-corrected chi connectivity index (χ3v) is 4.27. The maximum atomic E-state index is 6.02. The Labute approximate surface area is 90.0 Å². The molecule has 0 aliphatic carbocycles. The van der Waals surface area contributed by atoms with Crippen molar-refractivity contribution in [3.05, 3.63) is 0 Å². The summed E-state index contributed by atoms with van der Waals surface area (Å²) in [6, 6.07) is 0.462. The minimum Gasteiger partial charge on any atom is -0.383 e. The SMILES string of the molecule is B[C@@H]1O[C@H](CC(CC)CC)C(C)C1C. The molecule has 1 nitrogen and oxygen atoms in total. The average molecular weight is 196 g/mol. The Hall–Kier alpha value is 0.0249. The number of hydrogen-bond donors (Lipinski definition) is 0. The summed E-state index contributed by atoms with van der Waals surface area (Å²) in [6.45, 7) is 9.25. The minimum atomic E-state index is 0.462.